The summed E-state index contributed by atoms with van der Waals surface area (Å²) in [6.45, 7) is 3.86. The SMILES string of the molecule is CCOC(=O)c1cccnc1N1CCCC(n2cccn2)C1. The average molecular weight is 300 g/mol. The molecule has 1 atom stereocenters. The lowest BCUT2D eigenvalue weighted by atomic mass is 10.1. The van der Waals surface area contributed by atoms with E-state index in [1.165, 1.54) is 0 Å². The first kappa shape index (κ1) is 14.6. The second-order valence-electron chi connectivity index (χ2n) is 5.32. The molecule has 0 bridgehead atoms. The van der Waals surface area contributed by atoms with E-state index in [1.807, 2.05) is 23.9 Å². The van der Waals surface area contributed by atoms with Crippen molar-refractivity contribution < 1.29 is 9.53 Å². The Bertz CT molecular complexity index is 627. The zero-order valence-electron chi connectivity index (χ0n) is 12.7. The maximum Gasteiger partial charge on any atom is 0.341 e. The number of carbonyl (C=O) groups excluding carboxylic acids is 1. The van der Waals surface area contributed by atoms with Crippen molar-refractivity contribution in [2.24, 2.45) is 0 Å². The Hall–Kier alpha value is -2.37. The maximum atomic E-state index is 12.1. The number of hydrogen-bond acceptors (Lipinski definition) is 5. The molecule has 2 aromatic rings. The van der Waals surface area contributed by atoms with Crippen LogP contribution in [0.25, 0.3) is 0 Å². The molecule has 22 heavy (non-hydrogen) atoms. The number of carbonyl (C=O) groups is 1. The van der Waals surface area contributed by atoms with E-state index in [0.717, 1.165) is 25.9 Å². The molecule has 0 saturated carbocycles. The van der Waals surface area contributed by atoms with Crippen molar-refractivity contribution in [1.29, 1.82) is 0 Å². The second-order valence-corrected chi connectivity index (χ2v) is 5.32. The molecule has 6 heteroatoms. The average Bonchev–Trinajstić information content (AvgIpc) is 3.10. The largest absolute Gasteiger partial charge is 0.462 e. The molecule has 6 nitrogen and oxygen atoms in total. The molecule has 2 aromatic heterocycles. The van der Waals surface area contributed by atoms with Gasteiger partial charge in [-0.15, -0.1) is 0 Å². The van der Waals surface area contributed by atoms with Gasteiger partial charge in [0.2, 0.25) is 0 Å². The highest BCUT2D eigenvalue weighted by atomic mass is 16.5. The quantitative estimate of drug-likeness (QED) is 0.811. The van der Waals surface area contributed by atoms with Gasteiger partial charge in [-0.25, -0.2) is 9.78 Å². The molecular weight excluding hydrogens is 280 g/mol. The minimum absolute atomic E-state index is 0.306. The first-order chi connectivity index (χ1) is 10.8. The predicted octanol–water partition coefficient (Wildman–Crippen LogP) is 2.30. The normalized spacial score (nSPS) is 18.2. The Balaban J connectivity index is 1.83. The van der Waals surface area contributed by atoms with Crippen molar-refractivity contribution in [3.05, 3.63) is 42.4 Å². The third-order valence-corrected chi connectivity index (χ3v) is 3.88. The van der Waals surface area contributed by atoms with E-state index in [4.69, 9.17) is 4.74 Å². The molecule has 0 amide bonds. The van der Waals surface area contributed by atoms with Gasteiger partial charge in [-0.05, 0) is 38.0 Å². The van der Waals surface area contributed by atoms with E-state index in [-0.39, 0.29) is 5.97 Å². The van der Waals surface area contributed by atoms with Crippen molar-refractivity contribution in [3.8, 4) is 0 Å². The van der Waals surface area contributed by atoms with Crippen LogP contribution in [-0.4, -0.2) is 40.4 Å². The summed E-state index contributed by atoms with van der Waals surface area (Å²) in [6.07, 6.45) is 7.63. The van der Waals surface area contributed by atoms with Crippen molar-refractivity contribution in [1.82, 2.24) is 14.8 Å². The van der Waals surface area contributed by atoms with Crippen LogP contribution in [0.2, 0.25) is 0 Å². The standard InChI is InChI=1S/C16H20N4O2/c1-2-22-16(21)14-7-3-8-17-15(14)19-10-4-6-13(12-19)20-11-5-9-18-20/h3,5,7-9,11,13H,2,4,6,10,12H2,1H3. The minimum atomic E-state index is -0.313. The summed E-state index contributed by atoms with van der Waals surface area (Å²) < 4.78 is 7.12. The first-order valence-electron chi connectivity index (χ1n) is 7.65. The number of anilines is 1. The van der Waals surface area contributed by atoms with Crippen molar-refractivity contribution in [2.45, 2.75) is 25.8 Å². The van der Waals surface area contributed by atoms with Crippen LogP contribution in [0.3, 0.4) is 0 Å². The smallest absolute Gasteiger partial charge is 0.341 e. The molecule has 1 fully saturated rings. The van der Waals surface area contributed by atoms with Crippen LogP contribution in [-0.2, 0) is 4.74 Å². The van der Waals surface area contributed by atoms with Gasteiger partial charge in [-0.1, -0.05) is 0 Å². The second kappa shape index (κ2) is 6.60. The van der Waals surface area contributed by atoms with E-state index >= 15 is 0 Å². The zero-order chi connectivity index (χ0) is 15.4. The molecule has 0 spiro atoms. The van der Waals surface area contributed by atoms with Crippen LogP contribution < -0.4 is 4.90 Å². The van der Waals surface area contributed by atoms with Gasteiger partial charge < -0.3 is 9.64 Å². The molecule has 0 aromatic carbocycles. The van der Waals surface area contributed by atoms with E-state index in [0.29, 0.717) is 24.0 Å². The summed E-state index contributed by atoms with van der Waals surface area (Å²) in [5.41, 5.74) is 0.533. The summed E-state index contributed by atoms with van der Waals surface area (Å²) >= 11 is 0. The van der Waals surface area contributed by atoms with Crippen molar-refractivity contribution >= 4 is 11.8 Å². The fourth-order valence-electron chi connectivity index (χ4n) is 2.88. The molecule has 1 aliphatic rings. The van der Waals surface area contributed by atoms with Crippen LogP contribution in [0.1, 0.15) is 36.2 Å². The summed E-state index contributed by atoms with van der Waals surface area (Å²) in [4.78, 5) is 18.7. The van der Waals surface area contributed by atoms with E-state index in [9.17, 15) is 4.79 Å². The zero-order valence-corrected chi connectivity index (χ0v) is 12.7. The summed E-state index contributed by atoms with van der Waals surface area (Å²) in [5, 5.41) is 4.33. The third-order valence-electron chi connectivity index (χ3n) is 3.88. The molecule has 0 radical (unpaired) electrons. The highest BCUT2D eigenvalue weighted by Gasteiger charge is 2.26. The number of ether oxygens (including phenoxy) is 1. The predicted molar refractivity (Wildman–Crippen MR) is 82.9 cm³/mol. The number of esters is 1. The van der Waals surface area contributed by atoms with Crippen molar-refractivity contribution in [3.63, 3.8) is 0 Å². The maximum absolute atomic E-state index is 12.1. The fourth-order valence-corrected chi connectivity index (χ4v) is 2.88. The molecule has 3 rings (SSSR count). The highest BCUT2D eigenvalue weighted by molar-refractivity contribution is 5.94. The Morgan fingerprint density at radius 1 is 1.41 bits per heavy atom. The monoisotopic (exact) mass is 300 g/mol. The highest BCUT2D eigenvalue weighted by Crippen LogP contribution is 2.27. The number of rotatable bonds is 4. The Kier molecular flexibility index (Phi) is 4.37. The number of hydrogen-bond donors (Lipinski definition) is 0. The van der Waals surface area contributed by atoms with Gasteiger partial charge >= 0.3 is 5.97 Å². The van der Waals surface area contributed by atoms with Gasteiger partial charge in [0.05, 0.1) is 12.6 Å². The van der Waals surface area contributed by atoms with Gasteiger partial charge in [0.15, 0.2) is 0 Å². The van der Waals surface area contributed by atoms with E-state index < -0.39 is 0 Å². The number of nitrogens with zero attached hydrogens (tertiary/aromatic N) is 4. The molecule has 1 saturated heterocycles. The van der Waals surface area contributed by atoms with Crippen LogP contribution in [0.15, 0.2) is 36.8 Å². The van der Waals surface area contributed by atoms with Gasteiger partial charge in [0.25, 0.3) is 0 Å². The first-order valence-corrected chi connectivity index (χ1v) is 7.65. The van der Waals surface area contributed by atoms with Gasteiger partial charge in [0.1, 0.15) is 11.4 Å². The minimum Gasteiger partial charge on any atom is -0.462 e. The lowest BCUT2D eigenvalue weighted by Crippen LogP contribution is -2.38. The van der Waals surface area contributed by atoms with Crippen LogP contribution in [0, 0.1) is 0 Å². The molecule has 116 valence electrons. The number of aromatic nitrogens is 3. The van der Waals surface area contributed by atoms with Gasteiger partial charge in [0, 0.05) is 31.7 Å². The van der Waals surface area contributed by atoms with Gasteiger partial charge in [-0.2, -0.15) is 5.10 Å². The molecular formula is C16H20N4O2. The van der Waals surface area contributed by atoms with E-state index in [1.54, 1.807) is 24.5 Å². The Morgan fingerprint density at radius 2 is 2.32 bits per heavy atom. The summed E-state index contributed by atoms with van der Waals surface area (Å²) in [6, 6.07) is 5.78. The third kappa shape index (κ3) is 2.95. The Morgan fingerprint density at radius 3 is 3.09 bits per heavy atom. The van der Waals surface area contributed by atoms with Crippen molar-refractivity contribution in [2.75, 3.05) is 24.6 Å². The molecule has 1 aliphatic heterocycles. The summed E-state index contributed by atoms with van der Waals surface area (Å²) in [5.74, 6) is 0.393. The number of pyridine rings is 1. The fraction of sp³-hybridized carbons (Fsp3) is 0.438. The van der Waals surface area contributed by atoms with Crippen LogP contribution in [0.5, 0.6) is 0 Å². The Labute approximate surface area is 129 Å². The van der Waals surface area contributed by atoms with Gasteiger partial charge in [-0.3, -0.25) is 4.68 Å². The molecule has 1 unspecified atom stereocenters. The molecule has 0 N–H and O–H groups in total. The van der Waals surface area contributed by atoms with Crippen LogP contribution in [0.4, 0.5) is 5.82 Å². The van der Waals surface area contributed by atoms with Crippen LogP contribution >= 0.6 is 0 Å². The molecule has 0 aliphatic carbocycles. The molecule has 3 heterocycles. The topological polar surface area (TPSA) is 60.2 Å². The lowest BCUT2D eigenvalue weighted by Gasteiger charge is -2.34. The summed E-state index contributed by atoms with van der Waals surface area (Å²) in [7, 11) is 0. The van der Waals surface area contributed by atoms with E-state index in [2.05, 4.69) is 15.0 Å². The number of piperidine rings is 1. The lowest BCUT2D eigenvalue weighted by molar-refractivity contribution is 0.0526.